The third-order valence-electron chi connectivity index (χ3n) is 2.43. The number of thiazole rings is 1. The lowest BCUT2D eigenvalue weighted by Gasteiger charge is -2.25. The fourth-order valence-corrected chi connectivity index (χ4v) is 2.43. The molecule has 1 heterocycles. The van der Waals surface area contributed by atoms with Gasteiger partial charge in [0.15, 0.2) is 0 Å². The number of nitrogens with zero attached hydrogens (tertiary/aromatic N) is 2. The number of hydrogen-bond acceptors (Lipinski definition) is 4. The quantitative estimate of drug-likeness (QED) is 0.875. The fraction of sp³-hybridized carbons (Fsp3) is 0.667. The topological polar surface area (TPSA) is 65.5 Å². The lowest BCUT2D eigenvalue weighted by molar-refractivity contribution is 0.0531. The second-order valence-electron chi connectivity index (χ2n) is 5.08. The molecule has 5 nitrogen and oxygen atoms in total. The summed E-state index contributed by atoms with van der Waals surface area (Å²) in [6, 6.07) is -0.206. The molecule has 0 atom stereocenters. The van der Waals surface area contributed by atoms with Crippen LogP contribution < -0.4 is 5.32 Å². The second-order valence-corrected chi connectivity index (χ2v) is 6.36. The van der Waals surface area contributed by atoms with Gasteiger partial charge in [0.1, 0.15) is 5.01 Å². The van der Waals surface area contributed by atoms with Gasteiger partial charge >= 0.3 is 6.03 Å². The summed E-state index contributed by atoms with van der Waals surface area (Å²) >= 11 is 1.59. The van der Waals surface area contributed by atoms with Crippen molar-refractivity contribution in [3.63, 3.8) is 0 Å². The molecule has 1 aromatic rings. The predicted molar refractivity (Wildman–Crippen MR) is 72.8 cm³/mol. The zero-order valence-corrected chi connectivity index (χ0v) is 12.4. The number of amides is 2. The number of aliphatic hydroxyl groups is 1. The van der Waals surface area contributed by atoms with Crippen LogP contribution in [0.4, 0.5) is 4.79 Å². The van der Waals surface area contributed by atoms with E-state index in [-0.39, 0.29) is 12.6 Å². The Hall–Kier alpha value is -1.14. The molecule has 0 aliphatic carbocycles. The molecule has 0 aliphatic rings. The monoisotopic (exact) mass is 271 g/mol. The average Bonchev–Trinajstić information content (AvgIpc) is 2.52. The lowest BCUT2D eigenvalue weighted by atomic mass is 10.1. The second kappa shape index (κ2) is 5.67. The van der Waals surface area contributed by atoms with Crippen LogP contribution in [0.25, 0.3) is 0 Å². The molecule has 0 spiro atoms. The summed E-state index contributed by atoms with van der Waals surface area (Å²) in [5.74, 6) is 0. The van der Waals surface area contributed by atoms with Gasteiger partial charge in [-0.3, -0.25) is 0 Å². The number of hydrogen-bond donors (Lipinski definition) is 2. The van der Waals surface area contributed by atoms with Gasteiger partial charge in [0.25, 0.3) is 0 Å². The van der Waals surface area contributed by atoms with Gasteiger partial charge in [0.2, 0.25) is 0 Å². The smallest absolute Gasteiger partial charge is 0.317 e. The molecule has 1 rings (SSSR count). The van der Waals surface area contributed by atoms with Crippen LogP contribution >= 0.6 is 11.3 Å². The SMILES string of the molecule is Cc1nc(CNC(=O)N(C)CC(C)(C)O)sc1C. The van der Waals surface area contributed by atoms with Crippen molar-refractivity contribution >= 4 is 17.4 Å². The maximum absolute atomic E-state index is 11.8. The Morgan fingerprint density at radius 2 is 2.11 bits per heavy atom. The maximum atomic E-state index is 11.8. The number of carbonyl (C=O) groups excluding carboxylic acids is 1. The predicted octanol–water partition coefficient (Wildman–Crippen LogP) is 1.67. The number of nitrogens with one attached hydrogen (secondary N) is 1. The van der Waals surface area contributed by atoms with E-state index in [1.165, 1.54) is 9.78 Å². The highest BCUT2D eigenvalue weighted by Gasteiger charge is 2.19. The summed E-state index contributed by atoms with van der Waals surface area (Å²) < 4.78 is 0. The highest BCUT2D eigenvalue weighted by Crippen LogP contribution is 2.16. The molecule has 0 unspecified atom stereocenters. The minimum Gasteiger partial charge on any atom is -0.389 e. The van der Waals surface area contributed by atoms with Crippen molar-refractivity contribution in [2.75, 3.05) is 13.6 Å². The molecule has 2 N–H and O–H groups in total. The lowest BCUT2D eigenvalue weighted by Crippen LogP contribution is -2.44. The largest absolute Gasteiger partial charge is 0.389 e. The zero-order chi connectivity index (χ0) is 13.9. The van der Waals surface area contributed by atoms with E-state index in [2.05, 4.69) is 10.3 Å². The molecule has 0 bridgehead atoms. The van der Waals surface area contributed by atoms with Crippen LogP contribution in [-0.2, 0) is 6.54 Å². The third-order valence-corrected chi connectivity index (χ3v) is 3.51. The molecule has 18 heavy (non-hydrogen) atoms. The molecule has 0 radical (unpaired) electrons. The van der Waals surface area contributed by atoms with Crippen molar-refractivity contribution in [1.82, 2.24) is 15.2 Å². The minimum absolute atomic E-state index is 0.206. The first-order valence-corrected chi connectivity index (χ1v) is 6.65. The maximum Gasteiger partial charge on any atom is 0.317 e. The van der Waals surface area contributed by atoms with E-state index in [4.69, 9.17) is 0 Å². The Morgan fingerprint density at radius 1 is 1.50 bits per heavy atom. The Bertz CT molecular complexity index is 404. The number of aryl methyl sites for hydroxylation is 2. The number of rotatable bonds is 4. The van der Waals surface area contributed by atoms with Gasteiger partial charge in [-0.2, -0.15) is 0 Å². The standard InChI is InChI=1S/C12H21N3O2S/c1-8-9(2)18-10(14-8)6-13-11(16)15(5)7-12(3,4)17/h17H,6-7H2,1-5H3,(H,13,16). The summed E-state index contributed by atoms with van der Waals surface area (Å²) in [5.41, 5.74) is 0.120. The summed E-state index contributed by atoms with van der Waals surface area (Å²) in [7, 11) is 1.66. The molecule has 0 saturated carbocycles. The molecule has 102 valence electrons. The number of likely N-dealkylation sites (N-methyl/N-ethyl adjacent to an activating group) is 1. The van der Waals surface area contributed by atoms with E-state index in [9.17, 15) is 9.90 Å². The van der Waals surface area contributed by atoms with Crippen molar-refractivity contribution in [2.24, 2.45) is 0 Å². The molecule has 0 aromatic carbocycles. The molecule has 1 aromatic heterocycles. The number of aromatic nitrogens is 1. The van der Waals surface area contributed by atoms with Gasteiger partial charge in [0, 0.05) is 11.9 Å². The van der Waals surface area contributed by atoms with Crippen LogP contribution in [-0.4, -0.2) is 40.2 Å². The van der Waals surface area contributed by atoms with Crippen molar-refractivity contribution < 1.29 is 9.90 Å². The van der Waals surface area contributed by atoms with Crippen LogP contribution in [0.3, 0.4) is 0 Å². The molecule has 2 amide bonds. The van der Waals surface area contributed by atoms with Gasteiger partial charge in [-0.1, -0.05) is 0 Å². The van der Waals surface area contributed by atoms with Crippen molar-refractivity contribution in [3.05, 3.63) is 15.6 Å². The highest BCUT2D eigenvalue weighted by molar-refractivity contribution is 7.11. The number of carbonyl (C=O) groups is 1. The first-order valence-electron chi connectivity index (χ1n) is 5.83. The first kappa shape index (κ1) is 14.9. The number of urea groups is 1. The molecule has 6 heteroatoms. The Labute approximate surface area is 112 Å². The molecule has 0 aliphatic heterocycles. The van der Waals surface area contributed by atoms with Crippen LogP contribution in [0.5, 0.6) is 0 Å². The van der Waals surface area contributed by atoms with E-state index in [1.54, 1.807) is 32.2 Å². The van der Waals surface area contributed by atoms with Crippen molar-refractivity contribution in [2.45, 2.75) is 39.8 Å². The van der Waals surface area contributed by atoms with E-state index >= 15 is 0 Å². The fourth-order valence-electron chi connectivity index (χ4n) is 1.55. The molecule has 0 fully saturated rings. The van der Waals surface area contributed by atoms with Crippen LogP contribution in [0, 0.1) is 13.8 Å². The average molecular weight is 271 g/mol. The van der Waals surface area contributed by atoms with Crippen molar-refractivity contribution in [1.29, 1.82) is 0 Å². The van der Waals surface area contributed by atoms with E-state index in [0.29, 0.717) is 6.54 Å². The van der Waals surface area contributed by atoms with Gasteiger partial charge in [-0.15, -0.1) is 11.3 Å². The minimum atomic E-state index is -0.888. The van der Waals surface area contributed by atoms with E-state index in [1.807, 2.05) is 13.8 Å². The van der Waals surface area contributed by atoms with Gasteiger partial charge < -0.3 is 15.3 Å². The third kappa shape index (κ3) is 4.62. The van der Waals surface area contributed by atoms with Gasteiger partial charge in [-0.05, 0) is 27.7 Å². The first-order chi connectivity index (χ1) is 8.19. The Morgan fingerprint density at radius 3 is 2.56 bits per heavy atom. The highest BCUT2D eigenvalue weighted by atomic mass is 32.1. The van der Waals surface area contributed by atoms with Gasteiger partial charge in [-0.25, -0.2) is 9.78 Å². The van der Waals surface area contributed by atoms with E-state index < -0.39 is 5.60 Å². The molecular weight excluding hydrogens is 250 g/mol. The zero-order valence-electron chi connectivity index (χ0n) is 11.6. The summed E-state index contributed by atoms with van der Waals surface area (Å²) in [4.78, 5) is 18.8. The summed E-state index contributed by atoms with van der Waals surface area (Å²) in [5, 5.41) is 13.3. The van der Waals surface area contributed by atoms with Crippen LogP contribution in [0.2, 0.25) is 0 Å². The molecular formula is C12H21N3O2S. The van der Waals surface area contributed by atoms with Crippen LogP contribution in [0.15, 0.2) is 0 Å². The Kier molecular flexibility index (Phi) is 4.70. The van der Waals surface area contributed by atoms with Crippen molar-refractivity contribution in [3.8, 4) is 0 Å². The van der Waals surface area contributed by atoms with Gasteiger partial charge in [0.05, 0.1) is 24.4 Å². The summed E-state index contributed by atoms with van der Waals surface area (Å²) in [6.07, 6.45) is 0. The molecule has 0 saturated heterocycles. The summed E-state index contributed by atoms with van der Waals surface area (Å²) in [6.45, 7) is 8.02. The normalized spacial score (nSPS) is 11.4. The van der Waals surface area contributed by atoms with E-state index in [0.717, 1.165) is 10.7 Å². The Balaban J connectivity index is 2.46. The van der Waals surface area contributed by atoms with Crippen LogP contribution in [0.1, 0.15) is 29.4 Å².